The zero-order valence-corrected chi connectivity index (χ0v) is 12.5. The van der Waals surface area contributed by atoms with Crippen molar-refractivity contribution in [1.29, 1.82) is 0 Å². The maximum Gasteiger partial charge on any atom is 0.209 e. The third-order valence-corrected chi connectivity index (χ3v) is 6.08. The van der Waals surface area contributed by atoms with E-state index in [1.165, 1.54) is 19.3 Å². The number of hydrogen-bond acceptors (Lipinski definition) is 3. The van der Waals surface area contributed by atoms with Gasteiger partial charge in [-0.2, -0.15) is 0 Å². The average Bonchev–Trinajstić information content (AvgIpc) is 2.66. The standard InChI is InChI=1S/C13H26N2O2S/c1-12(2)10-5-6-13(3,9-10)11(12)15-7-4-8-18(14,16)17/h10-11,15H,4-9H2,1-3H3,(H2,14,16,17). The summed E-state index contributed by atoms with van der Waals surface area (Å²) in [7, 11) is -3.31. The Morgan fingerprint density at radius 3 is 2.50 bits per heavy atom. The van der Waals surface area contributed by atoms with E-state index >= 15 is 0 Å². The highest BCUT2D eigenvalue weighted by molar-refractivity contribution is 7.89. The molecule has 2 bridgehead atoms. The Morgan fingerprint density at radius 1 is 1.33 bits per heavy atom. The van der Waals surface area contributed by atoms with E-state index in [2.05, 4.69) is 26.1 Å². The summed E-state index contributed by atoms with van der Waals surface area (Å²) >= 11 is 0. The molecule has 2 aliphatic carbocycles. The van der Waals surface area contributed by atoms with Gasteiger partial charge in [0.05, 0.1) is 5.75 Å². The molecule has 0 radical (unpaired) electrons. The highest BCUT2D eigenvalue weighted by Crippen LogP contribution is 2.62. The van der Waals surface area contributed by atoms with Crippen LogP contribution in [0.5, 0.6) is 0 Å². The van der Waals surface area contributed by atoms with Crippen LogP contribution in [-0.2, 0) is 10.0 Å². The van der Waals surface area contributed by atoms with E-state index in [1.807, 2.05) is 0 Å². The molecule has 2 rings (SSSR count). The van der Waals surface area contributed by atoms with Crippen molar-refractivity contribution in [3.63, 3.8) is 0 Å². The first-order valence-corrected chi connectivity index (χ1v) is 8.60. The normalized spacial score (nSPS) is 38.2. The van der Waals surface area contributed by atoms with Crippen molar-refractivity contribution in [3.05, 3.63) is 0 Å². The maximum atomic E-state index is 10.9. The van der Waals surface area contributed by atoms with Crippen LogP contribution in [-0.4, -0.2) is 26.8 Å². The van der Waals surface area contributed by atoms with Gasteiger partial charge in [-0.25, -0.2) is 13.6 Å². The number of sulfonamides is 1. The Morgan fingerprint density at radius 2 is 2.00 bits per heavy atom. The lowest BCUT2D eigenvalue weighted by atomic mass is 9.68. The molecule has 4 nitrogen and oxygen atoms in total. The first-order valence-electron chi connectivity index (χ1n) is 6.89. The van der Waals surface area contributed by atoms with Crippen LogP contribution in [0, 0.1) is 16.7 Å². The van der Waals surface area contributed by atoms with E-state index in [-0.39, 0.29) is 5.75 Å². The van der Waals surface area contributed by atoms with Crippen LogP contribution in [0.4, 0.5) is 0 Å². The third-order valence-electron chi connectivity index (χ3n) is 5.22. The molecule has 2 saturated carbocycles. The number of fused-ring (bicyclic) bond motifs is 2. The van der Waals surface area contributed by atoms with Gasteiger partial charge >= 0.3 is 0 Å². The van der Waals surface area contributed by atoms with E-state index < -0.39 is 10.0 Å². The van der Waals surface area contributed by atoms with Crippen LogP contribution in [0.1, 0.15) is 46.5 Å². The summed E-state index contributed by atoms with van der Waals surface area (Å²) in [5.74, 6) is 0.894. The van der Waals surface area contributed by atoms with E-state index in [0.29, 0.717) is 23.3 Å². The molecule has 5 heteroatoms. The Bertz CT molecular complexity index is 414. The molecule has 0 spiro atoms. The average molecular weight is 274 g/mol. The van der Waals surface area contributed by atoms with Crippen molar-refractivity contribution in [1.82, 2.24) is 5.32 Å². The number of nitrogens with two attached hydrogens (primary N) is 1. The summed E-state index contributed by atoms with van der Waals surface area (Å²) in [5.41, 5.74) is 0.727. The van der Waals surface area contributed by atoms with Crippen LogP contribution in [0.25, 0.3) is 0 Å². The van der Waals surface area contributed by atoms with Gasteiger partial charge in [-0.1, -0.05) is 20.8 Å². The van der Waals surface area contributed by atoms with Crippen molar-refractivity contribution in [2.75, 3.05) is 12.3 Å². The summed E-state index contributed by atoms with van der Waals surface area (Å²) < 4.78 is 21.8. The minimum Gasteiger partial charge on any atom is -0.313 e. The molecule has 3 N–H and O–H groups in total. The Balaban J connectivity index is 1.89. The van der Waals surface area contributed by atoms with E-state index in [0.717, 1.165) is 12.5 Å². The SMILES string of the molecule is CC12CCC(C1)C(C)(C)C2NCCCS(N)(=O)=O. The number of primary sulfonamides is 1. The molecule has 0 aromatic rings. The molecule has 2 aliphatic rings. The first-order chi connectivity index (χ1) is 8.15. The summed E-state index contributed by atoms with van der Waals surface area (Å²) in [5, 5.41) is 8.61. The molecule has 0 amide bonds. The molecule has 0 saturated heterocycles. The van der Waals surface area contributed by atoms with Gasteiger partial charge in [0, 0.05) is 6.04 Å². The summed E-state index contributed by atoms with van der Waals surface area (Å²) in [6.07, 6.45) is 4.56. The second-order valence-corrected chi connectivity index (χ2v) is 8.76. The van der Waals surface area contributed by atoms with Crippen molar-refractivity contribution >= 4 is 10.0 Å². The highest BCUT2D eigenvalue weighted by Gasteiger charge is 2.58. The lowest BCUT2D eigenvalue weighted by molar-refractivity contribution is 0.110. The minimum absolute atomic E-state index is 0.0767. The fourth-order valence-electron chi connectivity index (χ4n) is 4.33. The number of hydrogen-bond donors (Lipinski definition) is 2. The van der Waals surface area contributed by atoms with E-state index in [9.17, 15) is 8.42 Å². The van der Waals surface area contributed by atoms with Gasteiger partial charge in [0.15, 0.2) is 0 Å². The summed E-state index contributed by atoms with van der Waals surface area (Å²) in [6.45, 7) is 7.81. The molecule has 0 heterocycles. The summed E-state index contributed by atoms with van der Waals surface area (Å²) in [4.78, 5) is 0. The molecular formula is C13H26N2O2S. The number of nitrogens with one attached hydrogen (secondary N) is 1. The maximum absolute atomic E-state index is 10.9. The van der Waals surface area contributed by atoms with Crippen molar-refractivity contribution in [2.45, 2.75) is 52.5 Å². The van der Waals surface area contributed by atoms with Crippen molar-refractivity contribution in [2.24, 2.45) is 21.9 Å². The van der Waals surface area contributed by atoms with Gasteiger partial charge in [0.25, 0.3) is 0 Å². The van der Waals surface area contributed by atoms with Crippen molar-refractivity contribution in [3.8, 4) is 0 Å². The smallest absolute Gasteiger partial charge is 0.209 e. The quantitative estimate of drug-likeness (QED) is 0.746. The largest absolute Gasteiger partial charge is 0.313 e. The van der Waals surface area contributed by atoms with Gasteiger partial charge in [-0.3, -0.25) is 0 Å². The Hall–Kier alpha value is -0.130. The van der Waals surface area contributed by atoms with Gasteiger partial charge in [0.1, 0.15) is 0 Å². The van der Waals surface area contributed by atoms with Crippen LogP contribution >= 0.6 is 0 Å². The predicted octanol–water partition coefficient (Wildman–Crippen LogP) is 1.47. The van der Waals surface area contributed by atoms with E-state index in [1.54, 1.807) is 0 Å². The fourth-order valence-corrected chi connectivity index (χ4v) is 4.88. The lowest BCUT2D eigenvalue weighted by Crippen LogP contribution is -2.50. The molecule has 3 unspecified atom stereocenters. The molecule has 3 atom stereocenters. The Labute approximate surface area is 111 Å². The zero-order valence-electron chi connectivity index (χ0n) is 11.7. The monoisotopic (exact) mass is 274 g/mol. The second-order valence-electron chi connectivity index (χ2n) is 7.02. The summed E-state index contributed by atoms with van der Waals surface area (Å²) in [6, 6.07) is 0.504. The Kier molecular flexibility index (Phi) is 3.54. The molecule has 0 aromatic heterocycles. The van der Waals surface area contributed by atoms with Gasteiger partial charge in [-0.05, 0) is 49.0 Å². The molecule has 2 fully saturated rings. The van der Waals surface area contributed by atoms with Crippen molar-refractivity contribution < 1.29 is 8.42 Å². The molecule has 18 heavy (non-hydrogen) atoms. The van der Waals surface area contributed by atoms with Gasteiger partial charge in [-0.15, -0.1) is 0 Å². The second kappa shape index (κ2) is 4.46. The topological polar surface area (TPSA) is 72.2 Å². The van der Waals surface area contributed by atoms with Gasteiger partial charge < -0.3 is 5.32 Å². The molecule has 0 aliphatic heterocycles. The lowest BCUT2D eigenvalue weighted by Gasteiger charge is -2.43. The van der Waals surface area contributed by atoms with Gasteiger partial charge in [0.2, 0.25) is 10.0 Å². The van der Waals surface area contributed by atoms with E-state index in [4.69, 9.17) is 5.14 Å². The van der Waals surface area contributed by atoms with Crippen LogP contribution < -0.4 is 10.5 Å². The van der Waals surface area contributed by atoms with Crippen LogP contribution in [0.3, 0.4) is 0 Å². The highest BCUT2D eigenvalue weighted by atomic mass is 32.2. The minimum atomic E-state index is -3.31. The van der Waals surface area contributed by atoms with Crippen LogP contribution in [0.2, 0.25) is 0 Å². The number of rotatable bonds is 5. The first kappa shape index (κ1) is 14.3. The zero-order chi connectivity index (χ0) is 13.6. The molecular weight excluding hydrogens is 248 g/mol. The molecule has 0 aromatic carbocycles. The molecule has 106 valence electrons. The van der Waals surface area contributed by atoms with Crippen LogP contribution in [0.15, 0.2) is 0 Å². The third kappa shape index (κ3) is 2.58. The predicted molar refractivity (Wildman–Crippen MR) is 73.6 cm³/mol. The fraction of sp³-hybridized carbons (Fsp3) is 1.00.